The number of hydrogen-bond donors (Lipinski definition) is 1. The molecule has 0 amide bonds. The number of carboxylic acids is 1. The van der Waals surface area contributed by atoms with E-state index in [9.17, 15) is 4.79 Å². The maximum Gasteiger partial charge on any atom is 0.328 e. The molecule has 0 aliphatic carbocycles. The molecule has 0 bridgehead atoms. The summed E-state index contributed by atoms with van der Waals surface area (Å²) >= 11 is 0. The van der Waals surface area contributed by atoms with Crippen LogP contribution in [0.1, 0.15) is 18.4 Å². The first-order valence-corrected chi connectivity index (χ1v) is 6.70. The van der Waals surface area contributed by atoms with Crippen molar-refractivity contribution in [1.82, 2.24) is 14.9 Å². The highest BCUT2D eigenvalue weighted by Crippen LogP contribution is 2.17. The number of likely N-dealkylation sites (N-methyl/N-ethyl adjacent to an activating group) is 2. The molecule has 6 heteroatoms. The van der Waals surface area contributed by atoms with Gasteiger partial charge in [0, 0.05) is 43.7 Å². The predicted octanol–water partition coefficient (Wildman–Crippen LogP) is 1.10. The van der Waals surface area contributed by atoms with Gasteiger partial charge in [0.05, 0.1) is 0 Å². The molecule has 1 aromatic rings. The van der Waals surface area contributed by atoms with Gasteiger partial charge in [-0.05, 0) is 32.5 Å². The van der Waals surface area contributed by atoms with Crippen LogP contribution in [0.15, 0.2) is 18.5 Å². The second-order valence-electron chi connectivity index (χ2n) is 5.16. The van der Waals surface area contributed by atoms with Crippen LogP contribution >= 0.6 is 0 Å². The molecule has 2 heterocycles. The maximum atomic E-state index is 10.4. The normalized spacial score (nSPS) is 20.2. The fourth-order valence-electron chi connectivity index (χ4n) is 2.39. The van der Waals surface area contributed by atoms with Gasteiger partial charge in [-0.25, -0.2) is 14.8 Å². The highest BCUT2D eigenvalue weighted by molar-refractivity contribution is 5.85. The highest BCUT2D eigenvalue weighted by Gasteiger charge is 2.22. The van der Waals surface area contributed by atoms with Crippen LogP contribution in [0.5, 0.6) is 0 Å². The lowest BCUT2D eigenvalue weighted by Gasteiger charge is -2.35. The van der Waals surface area contributed by atoms with Crippen molar-refractivity contribution in [3.63, 3.8) is 0 Å². The van der Waals surface area contributed by atoms with E-state index in [4.69, 9.17) is 5.11 Å². The molecule has 1 saturated heterocycles. The third kappa shape index (κ3) is 3.77. The van der Waals surface area contributed by atoms with Crippen molar-refractivity contribution in [3.05, 3.63) is 24.0 Å². The van der Waals surface area contributed by atoms with Crippen molar-refractivity contribution < 1.29 is 9.90 Å². The molecular weight excluding hydrogens is 256 g/mol. The number of likely N-dealkylation sites (tertiary alicyclic amines) is 1. The minimum absolute atomic E-state index is 0.425. The number of rotatable bonds is 4. The monoisotopic (exact) mass is 276 g/mol. The quantitative estimate of drug-likeness (QED) is 0.831. The molecule has 1 atom stereocenters. The summed E-state index contributed by atoms with van der Waals surface area (Å²) in [7, 11) is 4.13. The molecule has 0 spiro atoms. The summed E-state index contributed by atoms with van der Waals surface area (Å²) < 4.78 is 0. The van der Waals surface area contributed by atoms with Crippen molar-refractivity contribution >= 4 is 18.0 Å². The number of piperidine rings is 1. The van der Waals surface area contributed by atoms with Gasteiger partial charge in [-0.1, -0.05) is 0 Å². The molecule has 20 heavy (non-hydrogen) atoms. The van der Waals surface area contributed by atoms with E-state index in [1.165, 1.54) is 12.5 Å². The zero-order chi connectivity index (χ0) is 14.5. The third-order valence-electron chi connectivity index (χ3n) is 3.54. The topological polar surface area (TPSA) is 69.6 Å². The minimum Gasteiger partial charge on any atom is -0.478 e. The SMILES string of the molecule is CN1CCCC(N(C)c2ncc(/C=C/C(=O)O)cn2)C1. The maximum absolute atomic E-state index is 10.4. The van der Waals surface area contributed by atoms with E-state index in [0.29, 0.717) is 17.6 Å². The van der Waals surface area contributed by atoms with Gasteiger partial charge in [0.25, 0.3) is 0 Å². The van der Waals surface area contributed by atoms with Crippen molar-refractivity contribution in [1.29, 1.82) is 0 Å². The standard InChI is InChI=1S/C14H20N4O2/c1-17-7-3-4-12(10-17)18(2)14-15-8-11(9-16-14)5-6-13(19)20/h5-6,8-9,12H,3-4,7,10H2,1-2H3,(H,19,20)/b6-5+. The lowest BCUT2D eigenvalue weighted by atomic mass is 10.1. The smallest absolute Gasteiger partial charge is 0.328 e. The van der Waals surface area contributed by atoms with Crippen LogP contribution in [-0.4, -0.2) is 59.2 Å². The second kappa shape index (κ2) is 6.47. The molecule has 1 aliphatic heterocycles. The van der Waals surface area contributed by atoms with Crippen LogP contribution in [0.2, 0.25) is 0 Å². The number of aromatic nitrogens is 2. The highest BCUT2D eigenvalue weighted by atomic mass is 16.4. The first-order chi connectivity index (χ1) is 9.56. The Bertz CT molecular complexity index is 486. The van der Waals surface area contributed by atoms with Gasteiger partial charge in [0.15, 0.2) is 0 Å². The molecule has 0 saturated carbocycles. The van der Waals surface area contributed by atoms with Crippen molar-refractivity contribution in [2.45, 2.75) is 18.9 Å². The number of hydrogen-bond acceptors (Lipinski definition) is 5. The van der Waals surface area contributed by atoms with E-state index in [-0.39, 0.29) is 0 Å². The van der Waals surface area contributed by atoms with Gasteiger partial charge in [-0.3, -0.25) is 0 Å². The van der Waals surface area contributed by atoms with Gasteiger partial charge in [0.1, 0.15) is 0 Å². The first kappa shape index (κ1) is 14.5. The summed E-state index contributed by atoms with van der Waals surface area (Å²) in [4.78, 5) is 23.5. The molecule has 0 radical (unpaired) electrons. The van der Waals surface area contributed by atoms with Crippen LogP contribution in [-0.2, 0) is 4.79 Å². The van der Waals surface area contributed by atoms with E-state index >= 15 is 0 Å². The fourth-order valence-corrected chi connectivity index (χ4v) is 2.39. The molecule has 1 fully saturated rings. The Morgan fingerprint density at radius 1 is 1.50 bits per heavy atom. The number of anilines is 1. The van der Waals surface area contributed by atoms with Crippen molar-refractivity contribution in [2.75, 3.05) is 32.1 Å². The Labute approximate surface area is 118 Å². The molecule has 0 aromatic carbocycles. The summed E-state index contributed by atoms with van der Waals surface area (Å²) in [6, 6.07) is 0.425. The number of carbonyl (C=O) groups is 1. The lowest BCUT2D eigenvalue weighted by molar-refractivity contribution is -0.131. The summed E-state index contributed by atoms with van der Waals surface area (Å²) in [5.74, 6) is -0.297. The summed E-state index contributed by atoms with van der Waals surface area (Å²) in [5.41, 5.74) is 0.685. The molecule has 6 nitrogen and oxygen atoms in total. The molecule has 1 aromatic heterocycles. The zero-order valence-electron chi connectivity index (χ0n) is 11.9. The molecule has 1 N–H and O–H groups in total. The summed E-state index contributed by atoms with van der Waals surface area (Å²) in [6.07, 6.45) is 8.18. The molecule has 2 rings (SSSR count). The van der Waals surface area contributed by atoms with Crippen molar-refractivity contribution in [2.24, 2.45) is 0 Å². The second-order valence-corrected chi connectivity index (χ2v) is 5.16. The van der Waals surface area contributed by atoms with Gasteiger partial charge >= 0.3 is 5.97 Å². The Morgan fingerprint density at radius 2 is 2.20 bits per heavy atom. The Hall–Kier alpha value is -1.95. The minimum atomic E-state index is -0.976. The Balaban J connectivity index is 2.03. The van der Waals surface area contributed by atoms with E-state index < -0.39 is 5.97 Å². The van der Waals surface area contributed by atoms with Crippen LogP contribution in [0.4, 0.5) is 5.95 Å². The third-order valence-corrected chi connectivity index (χ3v) is 3.54. The van der Waals surface area contributed by atoms with Crippen LogP contribution in [0.25, 0.3) is 6.08 Å². The van der Waals surface area contributed by atoms with Gasteiger partial charge < -0.3 is 14.9 Å². The Morgan fingerprint density at radius 3 is 2.80 bits per heavy atom. The van der Waals surface area contributed by atoms with Gasteiger partial charge in [-0.15, -0.1) is 0 Å². The number of nitrogens with zero attached hydrogens (tertiary/aromatic N) is 4. The van der Waals surface area contributed by atoms with E-state index in [2.05, 4.69) is 26.8 Å². The predicted molar refractivity (Wildman–Crippen MR) is 77.6 cm³/mol. The zero-order valence-corrected chi connectivity index (χ0v) is 11.9. The van der Waals surface area contributed by atoms with E-state index in [1.807, 2.05) is 7.05 Å². The molecule has 1 unspecified atom stereocenters. The number of carboxylic acid groups (broad SMARTS) is 1. The summed E-state index contributed by atoms with van der Waals surface area (Å²) in [5, 5.41) is 8.57. The largest absolute Gasteiger partial charge is 0.478 e. The van der Waals surface area contributed by atoms with Crippen LogP contribution in [0.3, 0.4) is 0 Å². The van der Waals surface area contributed by atoms with E-state index in [0.717, 1.165) is 25.6 Å². The average Bonchev–Trinajstić information content (AvgIpc) is 2.45. The van der Waals surface area contributed by atoms with Crippen molar-refractivity contribution in [3.8, 4) is 0 Å². The fraction of sp³-hybridized carbons (Fsp3) is 0.500. The molecular formula is C14H20N4O2. The van der Waals surface area contributed by atoms with Crippen LogP contribution in [0, 0.1) is 0 Å². The molecule has 1 aliphatic rings. The lowest BCUT2D eigenvalue weighted by Crippen LogP contribution is -2.45. The number of aliphatic carboxylic acids is 1. The summed E-state index contributed by atoms with van der Waals surface area (Å²) in [6.45, 7) is 2.16. The van der Waals surface area contributed by atoms with Gasteiger partial charge in [-0.2, -0.15) is 0 Å². The van der Waals surface area contributed by atoms with E-state index in [1.54, 1.807) is 12.4 Å². The first-order valence-electron chi connectivity index (χ1n) is 6.70. The van der Waals surface area contributed by atoms with Crippen LogP contribution < -0.4 is 4.90 Å². The average molecular weight is 276 g/mol. The Kier molecular flexibility index (Phi) is 4.68. The molecule has 108 valence electrons. The van der Waals surface area contributed by atoms with Gasteiger partial charge in [0.2, 0.25) is 5.95 Å².